The number of hydrogen-bond donors (Lipinski definition) is 2. The van der Waals surface area contributed by atoms with Crippen molar-refractivity contribution in [2.24, 2.45) is 16.5 Å². The fraction of sp³-hybridized carbons (Fsp3) is 0.200. The molecule has 0 radical (unpaired) electrons. The van der Waals surface area contributed by atoms with Crippen LogP contribution in [0, 0.1) is 0 Å². The molecule has 1 rings (SSSR count). The molecule has 1 heterocycles. The zero-order chi connectivity index (χ0) is 10.2. The van der Waals surface area contributed by atoms with Crippen molar-refractivity contribution in [1.82, 2.24) is 4.98 Å². The maximum Gasteiger partial charge on any atom is 0.0652 e. The quantitative estimate of drug-likeness (QED) is 0.677. The van der Waals surface area contributed by atoms with Crippen molar-refractivity contribution in [1.29, 1.82) is 0 Å². The highest BCUT2D eigenvalue weighted by atomic mass is 14.7. The summed E-state index contributed by atoms with van der Waals surface area (Å²) in [6.07, 6.45) is 7.33. The fourth-order valence-electron chi connectivity index (χ4n) is 0.956. The largest absolute Gasteiger partial charge is 0.403 e. The number of rotatable bonds is 4. The summed E-state index contributed by atoms with van der Waals surface area (Å²) in [5.74, 6) is 0. The molecule has 0 aliphatic rings. The Kier molecular flexibility index (Phi) is 4.20. The molecular weight excluding hydrogens is 176 g/mol. The zero-order valence-electron chi connectivity index (χ0n) is 7.93. The maximum absolute atomic E-state index is 5.43. The Hall–Kier alpha value is -1.84. The molecule has 0 aromatic carbocycles. The molecule has 4 heteroatoms. The van der Waals surface area contributed by atoms with E-state index in [1.54, 1.807) is 18.6 Å². The van der Waals surface area contributed by atoms with Crippen molar-refractivity contribution in [3.63, 3.8) is 0 Å². The molecule has 4 N–H and O–H groups in total. The van der Waals surface area contributed by atoms with Crippen molar-refractivity contribution in [2.45, 2.75) is 6.42 Å². The average Bonchev–Trinajstić information content (AvgIpc) is 2.25. The molecule has 0 spiro atoms. The smallest absolute Gasteiger partial charge is 0.0652 e. The van der Waals surface area contributed by atoms with Crippen molar-refractivity contribution in [2.75, 3.05) is 6.54 Å². The van der Waals surface area contributed by atoms with Crippen molar-refractivity contribution >= 4 is 6.21 Å². The predicted molar refractivity (Wildman–Crippen MR) is 57.8 cm³/mol. The van der Waals surface area contributed by atoms with E-state index in [4.69, 9.17) is 11.5 Å². The Labute approximate surface area is 83.4 Å². The van der Waals surface area contributed by atoms with Gasteiger partial charge in [-0.15, -0.1) is 0 Å². The van der Waals surface area contributed by atoms with Gasteiger partial charge >= 0.3 is 0 Å². The summed E-state index contributed by atoms with van der Waals surface area (Å²) in [6, 6.07) is 3.94. The normalized spacial score (nSPS) is 12.1. The molecule has 1 aromatic heterocycles. The average molecular weight is 190 g/mol. The molecule has 0 amide bonds. The van der Waals surface area contributed by atoms with Crippen LogP contribution >= 0.6 is 0 Å². The second kappa shape index (κ2) is 5.75. The van der Waals surface area contributed by atoms with E-state index in [1.807, 2.05) is 12.1 Å². The van der Waals surface area contributed by atoms with Crippen LogP contribution in [0.3, 0.4) is 0 Å². The standard InChI is InChI=1S/C10H14N4/c11-7-10(12)8-14-6-3-9-1-4-13-5-2-9/h1-2,4-5,7-8H,3,6,11-12H2. The van der Waals surface area contributed by atoms with Gasteiger partial charge in [-0.25, -0.2) is 0 Å². The van der Waals surface area contributed by atoms with Gasteiger partial charge in [-0.3, -0.25) is 9.98 Å². The lowest BCUT2D eigenvalue weighted by Crippen LogP contribution is -2.02. The Morgan fingerprint density at radius 3 is 2.79 bits per heavy atom. The van der Waals surface area contributed by atoms with Crippen molar-refractivity contribution in [3.05, 3.63) is 42.0 Å². The molecule has 0 aliphatic heterocycles. The van der Waals surface area contributed by atoms with Crippen LogP contribution in [0.1, 0.15) is 5.56 Å². The summed E-state index contributed by atoms with van der Waals surface area (Å²) < 4.78 is 0. The van der Waals surface area contributed by atoms with Crippen LogP contribution in [0.4, 0.5) is 0 Å². The molecule has 0 fully saturated rings. The monoisotopic (exact) mass is 190 g/mol. The zero-order valence-corrected chi connectivity index (χ0v) is 7.93. The Bertz CT molecular complexity index is 316. The Morgan fingerprint density at radius 2 is 2.14 bits per heavy atom. The highest BCUT2D eigenvalue weighted by molar-refractivity contribution is 5.76. The van der Waals surface area contributed by atoms with Gasteiger partial charge in [0.1, 0.15) is 0 Å². The molecule has 0 atom stereocenters. The van der Waals surface area contributed by atoms with E-state index in [0.717, 1.165) is 6.42 Å². The molecule has 0 aliphatic carbocycles. The molecule has 0 bridgehead atoms. The van der Waals surface area contributed by atoms with E-state index in [2.05, 4.69) is 9.98 Å². The first-order valence-corrected chi connectivity index (χ1v) is 4.39. The van der Waals surface area contributed by atoms with Crippen LogP contribution in [0.25, 0.3) is 0 Å². The summed E-state index contributed by atoms with van der Waals surface area (Å²) in [5.41, 5.74) is 12.3. The number of pyridine rings is 1. The highest BCUT2D eigenvalue weighted by Gasteiger charge is 1.88. The lowest BCUT2D eigenvalue weighted by Gasteiger charge is -1.96. The summed E-state index contributed by atoms with van der Waals surface area (Å²) in [7, 11) is 0. The Balaban J connectivity index is 2.32. The minimum Gasteiger partial charge on any atom is -0.403 e. The second-order valence-electron chi connectivity index (χ2n) is 2.81. The van der Waals surface area contributed by atoms with Gasteiger partial charge in [-0.1, -0.05) is 0 Å². The molecule has 0 saturated carbocycles. The van der Waals surface area contributed by atoms with Gasteiger partial charge in [0.25, 0.3) is 0 Å². The van der Waals surface area contributed by atoms with Gasteiger partial charge in [0.05, 0.1) is 5.70 Å². The Morgan fingerprint density at radius 1 is 1.43 bits per heavy atom. The molecule has 74 valence electrons. The van der Waals surface area contributed by atoms with Crippen LogP contribution in [0.15, 0.2) is 41.4 Å². The third kappa shape index (κ3) is 3.71. The van der Waals surface area contributed by atoms with Crippen LogP contribution in [-0.4, -0.2) is 17.7 Å². The van der Waals surface area contributed by atoms with E-state index in [0.29, 0.717) is 12.2 Å². The summed E-state index contributed by atoms with van der Waals surface area (Å²) in [4.78, 5) is 8.05. The molecule has 4 nitrogen and oxygen atoms in total. The number of nitrogens with two attached hydrogens (primary N) is 2. The molecule has 0 unspecified atom stereocenters. The fourth-order valence-corrected chi connectivity index (χ4v) is 0.956. The van der Waals surface area contributed by atoms with E-state index < -0.39 is 0 Å². The van der Waals surface area contributed by atoms with Crippen molar-refractivity contribution < 1.29 is 0 Å². The van der Waals surface area contributed by atoms with E-state index >= 15 is 0 Å². The molecule has 0 saturated heterocycles. The summed E-state index contributed by atoms with van der Waals surface area (Å²) >= 11 is 0. The van der Waals surface area contributed by atoms with E-state index in [9.17, 15) is 0 Å². The molecule has 1 aromatic rings. The van der Waals surface area contributed by atoms with Crippen molar-refractivity contribution in [3.8, 4) is 0 Å². The first-order chi connectivity index (χ1) is 6.83. The number of hydrogen-bond acceptors (Lipinski definition) is 4. The third-order valence-corrected chi connectivity index (χ3v) is 1.71. The SMILES string of the molecule is NC=C(N)C=NCCc1ccncc1. The van der Waals surface area contributed by atoms with E-state index in [-0.39, 0.29) is 0 Å². The van der Waals surface area contributed by atoms with Gasteiger partial charge in [-0.2, -0.15) is 0 Å². The minimum atomic E-state index is 0.486. The lowest BCUT2D eigenvalue weighted by molar-refractivity contribution is 0.967. The highest BCUT2D eigenvalue weighted by Crippen LogP contribution is 1.96. The minimum absolute atomic E-state index is 0.486. The number of aliphatic imine (C=N–C) groups is 1. The summed E-state index contributed by atoms with van der Waals surface area (Å²) in [5, 5.41) is 0. The number of aromatic nitrogens is 1. The first kappa shape index (κ1) is 10.2. The number of nitrogens with zero attached hydrogens (tertiary/aromatic N) is 2. The second-order valence-corrected chi connectivity index (χ2v) is 2.81. The number of allylic oxidation sites excluding steroid dienone is 1. The maximum atomic E-state index is 5.43. The van der Waals surface area contributed by atoms with E-state index in [1.165, 1.54) is 11.8 Å². The molecule has 14 heavy (non-hydrogen) atoms. The van der Waals surface area contributed by atoms with Crippen LogP contribution in [0.5, 0.6) is 0 Å². The van der Waals surface area contributed by atoms with Gasteiger partial charge in [0.2, 0.25) is 0 Å². The third-order valence-electron chi connectivity index (χ3n) is 1.71. The van der Waals surface area contributed by atoms with Gasteiger partial charge < -0.3 is 11.5 Å². The topological polar surface area (TPSA) is 77.3 Å². The van der Waals surface area contributed by atoms with Gasteiger partial charge in [0.15, 0.2) is 0 Å². The predicted octanol–water partition coefficient (Wildman–Crippen LogP) is 0.454. The molecular formula is C10H14N4. The van der Waals surface area contributed by atoms with Gasteiger partial charge in [-0.05, 0) is 24.1 Å². The first-order valence-electron chi connectivity index (χ1n) is 4.39. The van der Waals surface area contributed by atoms with Crippen LogP contribution in [-0.2, 0) is 6.42 Å². The van der Waals surface area contributed by atoms with Gasteiger partial charge in [0, 0.05) is 31.4 Å². The van der Waals surface area contributed by atoms with Crippen LogP contribution < -0.4 is 11.5 Å². The lowest BCUT2D eigenvalue weighted by atomic mass is 10.2. The summed E-state index contributed by atoms with van der Waals surface area (Å²) in [6.45, 7) is 0.707. The van der Waals surface area contributed by atoms with Crippen LogP contribution in [0.2, 0.25) is 0 Å².